The van der Waals surface area contributed by atoms with Crippen LogP contribution in [-0.4, -0.2) is 29.8 Å². The van der Waals surface area contributed by atoms with Crippen LogP contribution < -0.4 is 4.74 Å². The highest BCUT2D eigenvalue weighted by atomic mass is 32.2. The van der Waals surface area contributed by atoms with Gasteiger partial charge in [0.25, 0.3) is 0 Å². The zero-order chi connectivity index (χ0) is 16.8. The molecule has 0 spiro atoms. The lowest BCUT2D eigenvalue weighted by Crippen LogP contribution is -2.05. The van der Waals surface area contributed by atoms with Crippen molar-refractivity contribution >= 4 is 39.6 Å². The van der Waals surface area contributed by atoms with E-state index in [1.807, 2.05) is 24.3 Å². The van der Waals surface area contributed by atoms with Crippen LogP contribution in [0.1, 0.15) is 15.9 Å². The van der Waals surface area contributed by atoms with Gasteiger partial charge in [0.2, 0.25) is 0 Å². The van der Waals surface area contributed by atoms with E-state index in [1.54, 1.807) is 41.7 Å². The summed E-state index contributed by atoms with van der Waals surface area (Å²) in [6.45, 7) is 0.552. The van der Waals surface area contributed by atoms with E-state index in [4.69, 9.17) is 9.47 Å². The molecule has 0 atom stereocenters. The molecular weight excluding hydrogens is 342 g/mol. The minimum Gasteiger partial charge on any atom is -0.493 e. The fourth-order valence-electron chi connectivity index (χ4n) is 2.21. The first-order valence-electron chi connectivity index (χ1n) is 7.49. The molecule has 0 N–H and O–H groups in total. The topological polar surface area (TPSA) is 47.9 Å². The number of thioether (sulfide) groups is 2. The number of para-hydroxylation sites is 1. The van der Waals surface area contributed by atoms with Crippen molar-refractivity contribution in [1.82, 2.24) is 0 Å². The largest absolute Gasteiger partial charge is 0.493 e. The van der Waals surface area contributed by atoms with E-state index in [2.05, 4.69) is 11.1 Å². The summed E-state index contributed by atoms with van der Waals surface area (Å²) in [5.41, 5.74) is 2.83. The molecule has 2 aromatic rings. The molecule has 0 aliphatic carbocycles. The number of hydrogen-bond acceptors (Lipinski definition) is 6. The van der Waals surface area contributed by atoms with Gasteiger partial charge >= 0.3 is 5.97 Å². The Morgan fingerprint density at radius 3 is 3.00 bits per heavy atom. The van der Waals surface area contributed by atoms with Crippen molar-refractivity contribution in [3.63, 3.8) is 0 Å². The lowest BCUT2D eigenvalue weighted by Gasteiger charge is -2.14. The fourth-order valence-corrected chi connectivity index (χ4v) is 4.16. The molecule has 4 nitrogen and oxygen atoms in total. The van der Waals surface area contributed by atoms with Gasteiger partial charge in [0.05, 0.1) is 25.0 Å². The van der Waals surface area contributed by atoms with E-state index in [9.17, 15) is 4.79 Å². The van der Waals surface area contributed by atoms with Gasteiger partial charge < -0.3 is 9.47 Å². The van der Waals surface area contributed by atoms with Crippen LogP contribution in [0.25, 0.3) is 0 Å². The fraction of sp³-hybridized carbons (Fsp3) is 0.222. The molecule has 0 saturated heterocycles. The number of aliphatic imine (C=N–C) groups is 1. The van der Waals surface area contributed by atoms with Gasteiger partial charge in [-0.3, -0.25) is 0 Å². The predicted octanol–water partition coefficient (Wildman–Crippen LogP) is 4.52. The van der Waals surface area contributed by atoms with E-state index >= 15 is 0 Å². The zero-order valence-corrected chi connectivity index (χ0v) is 14.9. The Bertz CT molecular complexity index is 761. The summed E-state index contributed by atoms with van der Waals surface area (Å²) in [6, 6.07) is 15.2. The van der Waals surface area contributed by atoms with Crippen LogP contribution in [0.2, 0.25) is 0 Å². The van der Waals surface area contributed by atoms with Gasteiger partial charge in [0.1, 0.15) is 10.1 Å². The molecule has 0 amide bonds. The molecule has 1 aliphatic rings. The third-order valence-electron chi connectivity index (χ3n) is 3.39. The maximum atomic E-state index is 11.5. The van der Waals surface area contributed by atoms with Gasteiger partial charge in [-0.1, -0.05) is 47.8 Å². The number of esters is 1. The Labute approximate surface area is 149 Å². The number of hydrogen-bond donors (Lipinski definition) is 0. The molecule has 0 saturated carbocycles. The summed E-state index contributed by atoms with van der Waals surface area (Å²) in [6.07, 6.45) is 0. The average Bonchev–Trinajstić information content (AvgIpc) is 2.64. The lowest BCUT2D eigenvalue weighted by atomic mass is 10.2. The molecule has 2 aromatic carbocycles. The molecule has 0 radical (unpaired) electrons. The van der Waals surface area contributed by atoms with E-state index in [0.717, 1.165) is 21.6 Å². The minimum atomic E-state index is -0.360. The Hall–Kier alpha value is -1.92. The second kappa shape index (κ2) is 8.26. The highest BCUT2D eigenvalue weighted by Crippen LogP contribution is 2.34. The second-order valence-corrected chi connectivity index (χ2v) is 7.32. The highest BCUT2D eigenvalue weighted by molar-refractivity contribution is 8.38. The van der Waals surface area contributed by atoms with E-state index in [-0.39, 0.29) is 5.97 Å². The van der Waals surface area contributed by atoms with Crippen LogP contribution in [0.5, 0.6) is 5.75 Å². The van der Waals surface area contributed by atoms with Gasteiger partial charge in [-0.2, -0.15) is 0 Å². The third-order valence-corrected chi connectivity index (χ3v) is 5.60. The van der Waals surface area contributed by atoms with Gasteiger partial charge in [-0.15, -0.1) is 0 Å². The van der Waals surface area contributed by atoms with Gasteiger partial charge in [-0.25, -0.2) is 9.79 Å². The van der Waals surface area contributed by atoms with Gasteiger partial charge in [0, 0.05) is 11.5 Å². The molecule has 3 rings (SSSR count). The van der Waals surface area contributed by atoms with E-state index in [1.165, 1.54) is 12.7 Å². The molecule has 6 heteroatoms. The van der Waals surface area contributed by atoms with Crippen molar-refractivity contribution in [2.24, 2.45) is 4.99 Å². The maximum Gasteiger partial charge on any atom is 0.337 e. The molecule has 0 fully saturated rings. The SMILES string of the molecule is COC(=O)c1cccc(OCCSC2=Nc3ccccc3CS2)c1. The summed E-state index contributed by atoms with van der Waals surface area (Å²) in [5.74, 6) is 2.07. The second-order valence-electron chi connectivity index (χ2n) is 5.01. The molecule has 0 aromatic heterocycles. The van der Waals surface area contributed by atoms with Gasteiger partial charge in [0.15, 0.2) is 0 Å². The zero-order valence-electron chi connectivity index (χ0n) is 13.2. The summed E-state index contributed by atoms with van der Waals surface area (Å²) < 4.78 is 11.5. The normalized spacial score (nSPS) is 13.0. The molecule has 0 unspecified atom stereocenters. The first-order valence-corrected chi connectivity index (χ1v) is 9.47. The molecule has 124 valence electrons. The summed E-state index contributed by atoms with van der Waals surface area (Å²) in [4.78, 5) is 16.2. The van der Waals surface area contributed by atoms with Crippen molar-refractivity contribution < 1.29 is 14.3 Å². The number of benzene rings is 2. The van der Waals surface area contributed by atoms with Crippen molar-refractivity contribution in [3.8, 4) is 5.75 Å². The van der Waals surface area contributed by atoms with Crippen LogP contribution in [0.3, 0.4) is 0 Å². The van der Waals surface area contributed by atoms with Gasteiger partial charge in [-0.05, 0) is 29.8 Å². The molecule has 1 heterocycles. The first-order chi connectivity index (χ1) is 11.8. The van der Waals surface area contributed by atoms with E-state index < -0.39 is 0 Å². The van der Waals surface area contributed by atoms with E-state index in [0.29, 0.717) is 17.9 Å². The molecule has 24 heavy (non-hydrogen) atoms. The third kappa shape index (κ3) is 4.33. The number of methoxy groups -OCH3 is 1. The number of ether oxygens (including phenoxy) is 2. The Morgan fingerprint density at radius 1 is 1.25 bits per heavy atom. The molecular formula is C18H17NO3S2. The maximum absolute atomic E-state index is 11.5. The number of carbonyl (C=O) groups is 1. The van der Waals surface area contributed by atoms with Crippen molar-refractivity contribution in [2.75, 3.05) is 19.5 Å². The number of rotatable bonds is 5. The summed E-state index contributed by atoms with van der Waals surface area (Å²) in [7, 11) is 1.37. The van der Waals surface area contributed by atoms with Crippen molar-refractivity contribution in [3.05, 3.63) is 59.7 Å². The van der Waals surface area contributed by atoms with Crippen molar-refractivity contribution in [2.45, 2.75) is 5.75 Å². The monoisotopic (exact) mass is 359 g/mol. The van der Waals surface area contributed by atoms with Crippen LogP contribution in [0, 0.1) is 0 Å². The average molecular weight is 359 g/mol. The molecule has 1 aliphatic heterocycles. The van der Waals surface area contributed by atoms with Crippen LogP contribution >= 0.6 is 23.5 Å². The van der Waals surface area contributed by atoms with Crippen LogP contribution in [0.4, 0.5) is 5.69 Å². The predicted molar refractivity (Wildman–Crippen MR) is 101 cm³/mol. The first kappa shape index (κ1) is 16.9. The molecule has 0 bridgehead atoms. The lowest BCUT2D eigenvalue weighted by molar-refractivity contribution is 0.0600. The number of fused-ring (bicyclic) bond motifs is 1. The van der Waals surface area contributed by atoms with Crippen molar-refractivity contribution in [1.29, 1.82) is 0 Å². The Kier molecular flexibility index (Phi) is 5.82. The number of nitrogens with zero attached hydrogens (tertiary/aromatic N) is 1. The number of carbonyl (C=O) groups excluding carboxylic acids is 1. The summed E-state index contributed by atoms with van der Waals surface area (Å²) in [5, 5.41) is 0. The standard InChI is InChI=1S/C18H17NO3S2/c1-21-17(20)13-6-4-7-15(11-13)22-9-10-23-18-19-16-8-3-2-5-14(16)12-24-18/h2-8,11H,9-10,12H2,1H3. The quantitative estimate of drug-likeness (QED) is 0.580. The highest BCUT2D eigenvalue weighted by Gasteiger charge is 2.12. The smallest absolute Gasteiger partial charge is 0.337 e. The van der Waals surface area contributed by atoms with Crippen LogP contribution in [-0.2, 0) is 10.5 Å². The summed E-state index contributed by atoms with van der Waals surface area (Å²) >= 11 is 3.45. The Balaban J connectivity index is 1.50. The van der Waals surface area contributed by atoms with Crippen LogP contribution in [0.15, 0.2) is 53.5 Å². The minimum absolute atomic E-state index is 0.360. The Morgan fingerprint density at radius 2 is 2.12 bits per heavy atom.